The smallest absolute Gasteiger partial charge is 0.230 e. The van der Waals surface area contributed by atoms with E-state index in [9.17, 15) is 4.79 Å². The van der Waals surface area contributed by atoms with Gasteiger partial charge in [-0.3, -0.25) is 4.79 Å². The predicted molar refractivity (Wildman–Crippen MR) is 92.5 cm³/mol. The van der Waals surface area contributed by atoms with Crippen LogP contribution < -0.4 is 5.32 Å². The zero-order valence-corrected chi connectivity index (χ0v) is 14.8. The van der Waals surface area contributed by atoms with Crippen LogP contribution in [-0.4, -0.2) is 38.4 Å². The van der Waals surface area contributed by atoms with E-state index in [2.05, 4.69) is 20.8 Å². The van der Waals surface area contributed by atoms with Crippen molar-refractivity contribution in [2.24, 2.45) is 0 Å². The molecule has 0 aliphatic heterocycles. The largest absolute Gasteiger partial charge is 0.355 e. The third-order valence-electron chi connectivity index (χ3n) is 3.19. The molecule has 1 aromatic heterocycles. The molecule has 0 fully saturated rings. The second-order valence-electron chi connectivity index (χ2n) is 5.32. The number of hydrogen-bond donors (Lipinski definition) is 1. The van der Waals surface area contributed by atoms with Crippen LogP contribution in [-0.2, 0) is 17.0 Å². The maximum absolute atomic E-state index is 11.8. The van der Waals surface area contributed by atoms with Crippen molar-refractivity contribution in [1.82, 2.24) is 25.5 Å². The second kappa shape index (κ2) is 8.88. The van der Waals surface area contributed by atoms with Crippen LogP contribution in [0.4, 0.5) is 0 Å². The number of carbonyl (C=O) groups is 1. The third kappa shape index (κ3) is 5.51. The van der Waals surface area contributed by atoms with Gasteiger partial charge in [0.25, 0.3) is 0 Å². The lowest BCUT2D eigenvalue weighted by Crippen LogP contribution is -2.27. The van der Waals surface area contributed by atoms with Gasteiger partial charge in [0.05, 0.1) is 17.5 Å². The number of nitrogens with one attached hydrogen (secondary N) is 1. The van der Waals surface area contributed by atoms with E-state index in [-0.39, 0.29) is 11.9 Å². The standard InChI is InChI=1S/C15H20ClN5OS/c1-11(2)21-14(18-19-20-21)9-23-10-15(22)17-8-7-12-5-3-4-6-13(12)16/h3-6,11H,7-10H2,1-2H3,(H,17,22). The summed E-state index contributed by atoms with van der Waals surface area (Å²) >= 11 is 7.58. The van der Waals surface area contributed by atoms with Gasteiger partial charge in [0.15, 0.2) is 5.82 Å². The van der Waals surface area contributed by atoms with Crippen LogP contribution >= 0.6 is 23.4 Å². The van der Waals surface area contributed by atoms with Crippen LogP contribution in [0.2, 0.25) is 5.02 Å². The molecule has 0 bridgehead atoms. The lowest BCUT2D eigenvalue weighted by molar-refractivity contribution is -0.118. The molecule has 2 rings (SSSR count). The Morgan fingerprint density at radius 2 is 2.17 bits per heavy atom. The molecule has 0 aliphatic rings. The number of aromatic nitrogens is 4. The van der Waals surface area contributed by atoms with E-state index in [1.807, 2.05) is 38.1 Å². The fourth-order valence-corrected chi connectivity index (χ4v) is 3.02. The average Bonchev–Trinajstić information content (AvgIpc) is 2.98. The van der Waals surface area contributed by atoms with Gasteiger partial charge in [-0.15, -0.1) is 16.9 Å². The van der Waals surface area contributed by atoms with Crippen LogP contribution in [0.25, 0.3) is 0 Å². The van der Waals surface area contributed by atoms with Crippen LogP contribution in [0.5, 0.6) is 0 Å². The first-order chi connectivity index (χ1) is 11.1. The lowest BCUT2D eigenvalue weighted by atomic mass is 10.1. The summed E-state index contributed by atoms with van der Waals surface area (Å²) in [6, 6.07) is 7.87. The van der Waals surface area contributed by atoms with Crippen molar-refractivity contribution in [3.8, 4) is 0 Å². The highest BCUT2D eigenvalue weighted by Gasteiger charge is 2.10. The van der Waals surface area contributed by atoms with E-state index < -0.39 is 0 Å². The Kier molecular flexibility index (Phi) is 6.85. The van der Waals surface area contributed by atoms with Crippen molar-refractivity contribution in [2.75, 3.05) is 12.3 Å². The van der Waals surface area contributed by atoms with Gasteiger partial charge in [0.2, 0.25) is 5.91 Å². The van der Waals surface area contributed by atoms with Gasteiger partial charge >= 0.3 is 0 Å². The van der Waals surface area contributed by atoms with Crippen LogP contribution in [0.1, 0.15) is 31.3 Å². The van der Waals surface area contributed by atoms with Crippen LogP contribution in [0.3, 0.4) is 0 Å². The van der Waals surface area contributed by atoms with Gasteiger partial charge < -0.3 is 5.32 Å². The molecule has 8 heteroatoms. The Morgan fingerprint density at radius 1 is 1.39 bits per heavy atom. The Labute approximate surface area is 145 Å². The fraction of sp³-hybridized carbons (Fsp3) is 0.467. The summed E-state index contributed by atoms with van der Waals surface area (Å²) in [7, 11) is 0. The van der Waals surface area contributed by atoms with Gasteiger partial charge in [-0.1, -0.05) is 29.8 Å². The summed E-state index contributed by atoms with van der Waals surface area (Å²) in [5, 5.41) is 15.2. The second-order valence-corrected chi connectivity index (χ2v) is 6.71. The van der Waals surface area contributed by atoms with E-state index in [0.29, 0.717) is 18.1 Å². The third-order valence-corrected chi connectivity index (χ3v) is 4.49. The number of nitrogens with zero attached hydrogens (tertiary/aromatic N) is 4. The maximum Gasteiger partial charge on any atom is 0.230 e. The van der Waals surface area contributed by atoms with Gasteiger partial charge in [-0.2, -0.15) is 0 Å². The number of carbonyl (C=O) groups excluding carboxylic acids is 1. The number of halogens is 1. The molecule has 0 saturated heterocycles. The monoisotopic (exact) mass is 353 g/mol. The van der Waals surface area contributed by atoms with E-state index >= 15 is 0 Å². The Bertz CT molecular complexity index is 646. The maximum atomic E-state index is 11.8. The van der Waals surface area contributed by atoms with Crippen LogP contribution in [0, 0.1) is 0 Å². The first-order valence-corrected chi connectivity index (χ1v) is 8.95. The minimum atomic E-state index is 0.00521. The highest BCUT2D eigenvalue weighted by atomic mass is 35.5. The minimum Gasteiger partial charge on any atom is -0.355 e. The average molecular weight is 354 g/mol. The van der Waals surface area contributed by atoms with Crippen molar-refractivity contribution in [3.05, 3.63) is 40.7 Å². The van der Waals surface area contributed by atoms with Gasteiger partial charge in [0, 0.05) is 11.6 Å². The molecule has 0 spiro atoms. The molecular formula is C15H20ClN5OS. The summed E-state index contributed by atoms with van der Waals surface area (Å²) in [6.07, 6.45) is 0.724. The number of amides is 1. The molecule has 1 amide bonds. The summed E-state index contributed by atoms with van der Waals surface area (Å²) in [5.74, 6) is 1.79. The van der Waals surface area contributed by atoms with E-state index in [1.54, 1.807) is 4.68 Å². The summed E-state index contributed by atoms with van der Waals surface area (Å²) in [4.78, 5) is 11.8. The summed E-state index contributed by atoms with van der Waals surface area (Å²) in [6.45, 7) is 4.62. The highest BCUT2D eigenvalue weighted by molar-refractivity contribution is 7.99. The molecule has 0 atom stereocenters. The Morgan fingerprint density at radius 3 is 2.91 bits per heavy atom. The zero-order chi connectivity index (χ0) is 16.7. The normalized spacial score (nSPS) is 11.0. The summed E-state index contributed by atoms with van der Waals surface area (Å²) in [5.41, 5.74) is 1.04. The molecule has 0 saturated carbocycles. The van der Waals surface area contributed by atoms with Gasteiger partial charge in [-0.05, 0) is 42.3 Å². The minimum absolute atomic E-state index is 0.00521. The molecule has 0 aliphatic carbocycles. The molecule has 124 valence electrons. The van der Waals surface area contributed by atoms with Crippen molar-refractivity contribution in [2.45, 2.75) is 32.1 Å². The quantitative estimate of drug-likeness (QED) is 0.789. The molecule has 0 unspecified atom stereocenters. The molecule has 1 N–H and O–H groups in total. The highest BCUT2D eigenvalue weighted by Crippen LogP contribution is 2.15. The van der Waals surface area contributed by atoms with E-state index in [4.69, 9.17) is 11.6 Å². The SMILES string of the molecule is CC(C)n1nnnc1CSCC(=O)NCCc1ccccc1Cl. The van der Waals surface area contributed by atoms with Gasteiger partial charge in [-0.25, -0.2) is 4.68 Å². The first-order valence-electron chi connectivity index (χ1n) is 7.42. The summed E-state index contributed by atoms with van der Waals surface area (Å²) < 4.78 is 1.77. The van der Waals surface area contributed by atoms with Crippen molar-refractivity contribution in [1.29, 1.82) is 0 Å². The topological polar surface area (TPSA) is 72.7 Å². The van der Waals surface area contributed by atoms with Crippen LogP contribution in [0.15, 0.2) is 24.3 Å². The molecule has 6 nitrogen and oxygen atoms in total. The molecule has 1 aromatic carbocycles. The van der Waals surface area contributed by atoms with Crippen molar-refractivity contribution in [3.63, 3.8) is 0 Å². The fourth-order valence-electron chi connectivity index (χ4n) is 2.03. The zero-order valence-electron chi connectivity index (χ0n) is 13.2. The molecular weight excluding hydrogens is 334 g/mol. The first kappa shape index (κ1) is 17.7. The molecule has 1 heterocycles. The van der Waals surface area contributed by atoms with Crippen molar-refractivity contribution < 1.29 is 4.79 Å². The number of tetrazole rings is 1. The predicted octanol–water partition coefficient (Wildman–Crippen LogP) is 2.50. The van der Waals surface area contributed by atoms with E-state index in [0.717, 1.165) is 22.8 Å². The number of benzene rings is 1. The van der Waals surface area contributed by atoms with Gasteiger partial charge in [0.1, 0.15) is 0 Å². The van der Waals surface area contributed by atoms with Crippen molar-refractivity contribution >= 4 is 29.3 Å². The number of thioether (sulfide) groups is 1. The number of rotatable bonds is 8. The lowest BCUT2D eigenvalue weighted by Gasteiger charge is -2.08. The molecule has 2 aromatic rings. The Balaban J connectivity index is 1.67. The molecule has 23 heavy (non-hydrogen) atoms. The Hall–Kier alpha value is -1.60. The number of hydrogen-bond acceptors (Lipinski definition) is 5. The van der Waals surface area contributed by atoms with E-state index in [1.165, 1.54) is 11.8 Å². The molecule has 0 radical (unpaired) electrons.